The van der Waals surface area contributed by atoms with Gasteiger partial charge in [-0.05, 0) is 38.1 Å². The highest BCUT2D eigenvalue weighted by Crippen LogP contribution is 2.22. The highest BCUT2D eigenvalue weighted by molar-refractivity contribution is 5.97. The maximum Gasteiger partial charge on any atom is 0.387 e. The molecule has 1 aliphatic rings. The second-order valence-corrected chi connectivity index (χ2v) is 4.52. The molecule has 8 heteroatoms. The van der Waals surface area contributed by atoms with Crippen LogP contribution < -0.4 is 15.4 Å². The van der Waals surface area contributed by atoms with Crippen LogP contribution in [-0.2, 0) is 0 Å². The van der Waals surface area contributed by atoms with Gasteiger partial charge in [-0.15, -0.1) is 12.4 Å². The number of benzene rings is 1. The smallest absolute Gasteiger partial charge is 0.387 e. The average molecular weight is 325 g/mol. The van der Waals surface area contributed by atoms with Gasteiger partial charge in [0.25, 0.3) is 5.91 Å². The molecule has 0 atom stereocenters. The maximum absolute atomic E-state index is 13.1. The Bertz CT molecular complexity index is 482. The third-order valence-electron chi connectivity index (χ3n) is 3.08. The number of piperidine rings is 1. The average Bonchev–Trinajstić information content (AvgIpc) is 2.39. The zero-order chi connectivity index (χ0) is 14.5. The van der Waals surface area contributed by atoms with Gasteiger partial charge in [0.05, 0.1) is 5.56 Å². The molecule has 1 heterocycles. The summed E-state index contributed by atoms with van der Waals surface area (Å²) in [6, 6.07) is 2.94. The van der Waals surface area contributed by atoms with E-state index < -0.39 is 24.1 Å². The fraction of sp³-hybridized carbons (Fsp3) is 0.462. The molecule has 2 N–H and O–H groups in total. The molecular formula is C13H16ClF3N2O2. The lowest BCUT2D eigenvalue weighted by atomic mass is 10.1. The zero-order valence-electron chi connectivity index (χ0n) is 11.1. The fourth-order valence-corrected chi connectivity index (χ4v) is 2.11. The van der Waals surface area contributed by atoms with Crippen LogP contribution in [-0.4, -0.2) is 31.7 Å². The fourth-order valence-electron chi connectivity index (χ4n) is 2.11. The van der Waals surface area contributed by atoms with Crippen LogP contribution in [0.3, 0.4) is 0 Å². The molecule has 2 rings (SSSR count). The predicted octanol–water partition coefficient (Wildman–Crippen LogP) is 2.33. The van der Waals surface area contributed by atoms with Crippen LogP contribution >= 0.6 is 12.4 Å². The second-order valence-electron chi connectivity index (χ2n) is 4.52. The number of amides is 1. The Kier molecular flexibility index (Phi) is 6.77. The maximum atomic E-state index is 13.1. The SMILES string of the molecule is Cl.O=C(NC1CCNCC1)c1ccc(F)cc1OC(F)F. The zero-order valence-corrected chi connectivity index (χ0v) is 11.9. The van der Waals surface area contributed by atoms with E-state index in [1.165, 1.54) is 0 Å². The molecule has 0 unspecified atom stereocenters. The molecule has 1 aromatic rings. The van der Waals surface area contributed by atoms with Crippen LogP contribution in [0.4, 0.5) is 13.2 Å². The lowest BCUT2D eigenvalue weighted by Crippen LogP contribution is -2.42. The second kappa shape index (κ2) is 8.09. The van der Waals surface area contributed by atoms with E-state index in [4.69, 9.17) is 0 Å². The van der Waals surface area contributed by atoms with Gasteiger partial charge in [0.2, 0.25) is 0 Å². The summed E-state index contributed by atoms with van der Waals surface area (Å²) in [5.41, 5.74) is -0.0924. The van der Waals surface area contributed by atoms with Crippen molar-refractivity contribution in [3.05, 3.63) is 29.6 Å². The van der Waals surface area contributed by atoms with E-state index >= 15 is 0 Å². The van der Waals surface area contributed by atoms with E-state index in [0.29, 0.717) is 0 Å². The van der Waals surface area contributed by atoms with Crippen LogP contribution in [0.1, 0.15) is 23.2 Å². The van der Waals surface area contributed by atoms with Crippen molar-refractivity contribution in [3.63, 3.8) is 0 Å². The number of carbonyl (C=O) groups excluding carboxylic acids is 1. The van der Waals surface area contributed by atoms with Crippen molar-refractivity contribution in [2.24, 2.45) is 0 Å². The van der Waals surface area contributed by atoms with Crippen LogP contribution in [0, 0.1) is 5.82 Å². The number of ether oxygens (including phenoxy) is 1. The summed E-state index contributed by atoms with van der Waals surface area (Å²) in [5, 5.41) is 5.89. The highest BCUT2D eigenvalue weighted by Gasteiger charge is 2.20. The Labute approximate surface area is 126 Å². The number of carbonyl (C=O) groups is 1. The van der Waals surface area contributed by atoms with E-state index in [1.807, 2.05) is 0 Å². The minimum absolute atomic E-state index is 0. The standard InChI is InChI=1S/C13H15F3N2O2.ClH/c14-8-1-2-10(11(7-8)20-13(15)16)12(19)18-9-3-5-17-6-4-9;/h1-2,7,9,13,17H,3-6H2,(H,18,19);1H. The Morgan fingerprint density at radius 3 is 2.62 bits per heavy atom. The summed E-state index contributed by atoms with van der Waals surface area (Å²) >= 11 is 0. The van der Waals surface area contributed by atoms with Gasteiger partial charge in [-0.25, -0.2) is 4.39 Å². The molecule has 1 fully saturated rings. The third-order valence-corrected chi connectivity index (χ3v) is 3.08. The minimum atomic E-state index is -3.11. The molecule has 118 valence electrons. The van der Waals surface area contributed by atoms with E-state index in [-0.39, 0.29) is 24.0 Å². The topological polar surface area (TPSA) is 50.4 Å². The summed E-state index contributed by atoms with van der Waals surface area (Å²) in [5.74, 6) is -1.72. The van der Waals surface area contributed by atoms with Crippen LogP contribution in [0.5, 0.6) is 5.75 Å². The largest absolute Gasteiger partial charge is 0.434 e. The van der Waals surface area contributed by atoms with Gasteiger partial charge >= 0.3 is 6.61 Å². The van der Waals surface area contributed by atoms with E-state index in [0.717, 1.165) is 44.1 Å². The Hall–Kier alpha value is -1.47. The number of nitrogens with one attached hydrogen (secondary N) is 2. The Morgan fingerprint density at radius 1 is 1.33 bits per heavy atom. The van der Waals surface area contributed by atoms with Gasteiger partial charge < -0.3 is 15.4 Å². The normalized spacial score (nSPS) is 15.4. The highest BCUT2D eigenvalue weighted by atomic mass is 35.5. The van der Waals surface area contributed by atoms with Gasteiger partial charge in [0, 0.05) is 12.1 Å². The molecule has 0 spiro atoms. The summed E-state index contributed by atoms with van der Waals surface area (Å²) < 4.78 is 41.8. The summed E-state index contributed by atoms with van der Waals surface area (Å²) in [6.45, 7) is -1.54. The van der Waals surface area contributed by atoms with E-state index in [9.17, 15) is 18.0 Å². The molecule has 1 aliphatic heterocycles. The number of rotatable bonds is 4. The summed E-state index contributed by atoms with van der Waals surface area (Å²) in [4.78, 5) is 12.0. The van der Waals surface area contributed by atoms with Crippen molar-refractivity contribution < 1.29 is 22.7 Å². The van der Waals surface area contributed by atoms with Crippen LogP contribution in [0.15, 0.2) is 18.2 Å². The molecule has 1 aromatic carbocycles. The summed E-state index contributed by atoms with van der Waals surface area (Å²) in [6.07, 6.45) is 1.52. The van der Waals surface area contributed by atoms with Crippen LogP contribution in [0.2, 0.25) is 0 Å². The Morgan fingerprint density at radius 2 is 2.00 bits per heavy atom. The monoisotopic (exact) mass is 324 g/mol. The molecule has 0 saturated carbocycles. The molecular weight excluding hydrogens is 309 g/mol. The van der Waals surface area contributed by atoms with Crippen LogP contribution in [0.25, 0.3) is 0 Å². The van der Waals surface area contributed by atoms with Crippen molar-refractivity contribution in [1.29, 1.82) is 0 Å². The van der Waals surface area contributed by atoms with Crippen molar-refractivity contribution in [3.8, 4) is 5.75 Å². The molecule has 0 bridgehead atoms. The lowest BCUT2D eigenvalue weighted by molar-refractivity contribution is -0.0503. The Balaban J connectivity index is 0.00000220. The molecule has 1 saturated heterocycles. The third kappa shape index (κ3) is 5.09. The number of halogens is 4. The molecule has 4 nitrogen and oxygen atoms in total. The van der Waals surface area contributed by atoms with E-state index in [2.05, 4.69) is 15.4 Å². The number of hydrogen-bond acceptors (Lipinski definition) is 3. The van der Waals surface area contributed by atoms with Gasteiger partial charge in [0.1, 0.15) is 11.6 Å². The van der Waals surface area contributed by atoms with Crippen molar-refractivity contribution in [2.45, 2.75) is 25.5 Å². The predicted molar refractivity (Wildman–Crippen MR) is 73.6 cm³/mol. The van der Waals surface area contributed by atoms with Gasteiger partial charge in [-0.3, -0.25) is 4.79 Å². The molecule has 0 radical (unpaired) electrons. The lowest BCUT2D eigenvalue weighted by Gasteiger charge is -2.24. The number of alkyl halides is 2. The minimum Gasteiger partial charge on any atom is -0.434 e. The molecule has 1 amide bonds. The van der Waals surface area contributed by atoms with Gasteiger partial charge in [-0.1, -0.05) is 0 Å². The first-order valence-electron chi connectivity index (χ1n) is 6.32. The van der Waals surface area contributed by atoms with Crippen molar-refractivity contribution >= 4 is 18.3 Å². The molecule has 21 heavy (non-hydrogen) atoms. The quantitative estimate of drug-likeness (QED) is 0.894. The first-order chi connectivity index (χ1) is 9.56. The van der Waals surface area contributed by atoms with Crippen molar-refractivity contribution in [1.82, 2.24) is 10.6 Å². The first kappa shape index (κ1) is 17.6. The van der Waals surface area contributed by atoms with Gasteiger partial charge in [-0.2, -0.15) is 8.78 Å². The molecule has 0 aliphatic carbocycles. The summed E-state index contributed by atoms with van der Waals surface area (Å²) in [7, 11) is 0. The van der Waals surface area contributed by atoms with Crippen molar-refractivity contribution in [2.75, 3.05) is 13.1 Å². The first-order valence-corrected chi connectivity index (χ1v) is 6.32. The molecule has 0 aromatic heterocycles. The van der Waals surface area contributed by atoms with Gasteiger partial charge in [0.15, 0.2) is 0 Å². The number of hydrogen-bond donors (Lipinski definition) is 2. The van der Waals surface area contributed by atoms with E-state index in [1.54, 1.807) is 0 Å².